The van der Waals surface area contributed by atoms with E-state index in [9.17, 15) is 0 Å². The number of fused-ring (bicyclic) bond motifs is 2. The SMILES string of the molecule is Cc1cc2ccccc2c(-c2c(CP)c(C)cc3ccccc23)c1CP. The van der Waals surface area contributed by atoms with Gasteiger partial charge in [-0.05, 0) is 81.1 Å². The molecular formula is C24H24P2. The van der Waals surface area contributed by atoms with Crippen molar-refractivity contribution in [2.45, 2.75) is 26.2 Å². The molecule has 0 bridgehead atoms. The fraction of sp³-hybridized carbons (Fsp3) is 0.167. The van der Waals surface area contributed by atoms with Gasteiger partial charge in [0.1, 0.15) is 0 Å². The van der Waals surface area contributed by atoms with Gasteiger partial charge in [-0.25, -0.2) is 0 Å². The molecule has 4 rings (SSSR count). The minimum absolute atomic E-state index is 0.963. The molecule has 2 unspecified atom stereocenters. The Morgan fingerprint density at radius 3 is 1.38 bits per heavy atom. The highest BCUT2D eigenvalue weighted by Gasteiger charge is 2.18. The van der Waals surface area contributed by atoms with Gasteiger partial charge >= 0.3 is 0 Å². The molecule has 0 saturated heterocycles. The van der Waals surface area contributed by atoms with E-state index in [0.717, 1.165) is 12.3 Å². The molecule has 4 aromatic rings. The summed E-state index contributed by atoms with van der Waals surface area (Å²) in [6.07, 6.45) is 1.93. The molecule has 0 N–H and O–H groups in total. The second kappa shape index (κ2) is 7.11. The van der Waals surface area contributed by atoms with Crippen molar-refractivity contribution in [2.75, 3.05) is 0 Å². The van der Waals surface area contributed by atoms with Crippen LogP contribution in [-0.2, 0) is 12.3 Å². The Balaban J connectivity index is 2.27. The van der Waals surface area contributed by atoms with E-state index in [1.807, 2.05) is 0 Å². The van der Waals surface area contributed by atoms with Crippen molar-refractivity contribution in [3.05, 3.63) is 82.9 Å². The van der Waals surface area contributed by atoms with E-state index >= 15 is 0 Å². The van der Waals surface area contributed by atoms with Crippen LogP contribution in [0.3, 0.4) is 0 Å². The Bertz CT molecular complexity index is 1030. The van der Waals surface area contributed by atoms with Gasteiger partial charge in [-0.3, -0.25) is 0 Å². The monoisotopic (exact) mass is 374 g/mol. The van der Waals surface area contributed by atoms with Gasteiger partial charge in [-0.2, -0.15) is 0 Å². The van der Waals surface area contributed by atoms with Gasteiger partial charge in [0.05, 0.1) is 0 Å². The number of hydrogen-bond acceptors (Lipinski definition) is 0. The predicted molar refractivity (Wildman–Crippen MR) is 123 cm³/mol. The van der Waals surface area contributed by atoms with Crippen molar-refractivity contribution in [3.63, 3.8) is 0 Å². The molecule has 0 radical (unpaired) electrons. The van der Waals surface area contributed by atoms with Gasteiger partial charge < -0.3 is 0 Å². The summed E-state index contributed by atoms with van der Waals surface area (Å²) in [6.45, 7) is 4.49. The highest BCUT2D eigenvalue weighted by atomic mass is 31.0. The fourth-order valence-electron chi connectivity index (χ4n) is 4.16. The Morgan fingerprint density at radius 1 is 0.615 bits per heavy atom. The van der Waals surface area contributed by atoms with Crippen LogP contribution >= 0.6 is 18.5 Å². The number of aryl methyl sites for hydroxylation is 2. The van der Waals surface area contributed by atoms with Crippen LogP contribution in [0.25, 0.3) is 32.7 Å². The lowest BCUT2D eigenvalue weighted by Gasteiger charge is -2.21. The van der Waals surface area contributed by atoms with Crippen molar-refractivity contribution in [3.8, 4) is 11.1 Å². The van der Waals surface area contributed by atoms with E-state index in [-0.39, 0.29) is 0 Å². The van der Waals surface area contributed by atoms with Crippen LogP contribution in [0, 0.1) is 13.8 Å². The highest BCUT2D eigenvalue weighted by Crippen LogP contribution is 2.42. The van der Waals surface area contributed by atoms with Crippen LogP contribution in [-0.4, -0.2) is 0 Å². The Kier molecular flexibility index (Phi) is 4.83. The number of benzene rings is 4. The first-order valence-corrected chi connectivity index (χ1v) is 10.7. The maximum Gasteiger partial charge on any atom is -0.00580 e. The lowest BCUT2D eigenvalue weighted by molar-refractivity contribution is 1.30. The van der Waals surface area contributed by atoms with E-state index in [2.05, 4.69) is 93.0 Å². The first-order valence-electron chi connectivity index (χ1n) is 9.08. The standard InChI is InChI=1S/C24H24P2/c1-15-11-17-7-3-5-9-19(17)23(21(15)13-25)24-20-10-6-4-8-18(20)12-16(2)22(24)14-26/h3-12H,13-14,25-26H2,1-2H3. The van der Waals surface area contributed by atoms with Gasteiger partial charge in [-0.15, -0.1) is 18.5 Å². The third kappa shape index (κ3) is 2.77. The second-order valence-corrected chi connectivity index (χ2v) is 7.76. The Morgan fingerprint density at radius 2 is 1.00 bits per heavy atom. The van der Waals surface area contributed by atoms with E-state index in [0.29, 0.717) is 0 Å². The van der Waals surface area contributed by atoms with Crippen LogP contribution in [0.1, 0.15) is 22.3 Å². The zero-order valence-electron chi connectivity index (χ0n) is 15.3. The molecule has 2 heteroatoms. The predicted octanol–water partition coefficient (Wildman–Crippen LogP) is 7.03. The van der Waals surface area contributed by atoms with E-state index in [1.54, 1.807) is 0 Å². The lowest BCUT2D eigenvalue weighted by atomic mass is 9.84. The van der Waals surface area contributed by atoms with Crippen LogP contribution in [0.2, 0.25) is 0 Å². The smallest absolute Gasteiger partial charge is 0.00580 e. The molecule has 0 aliphatic rings. The summed E-state index contributed by atoms with van der Waals surface area (Å²) < 4.78 is 0. The Labute approximate surface area is 160 Å². The summed E-state index contributed by atoms with van der Waals surface area (Å²) in [5, 5.41) is 5.35. The third-order valence-electron chi connectivity index (χ3n) is 5.42. The summed E-state index contributed by atoms with van der Waals surface area (Å²) in [4.78, 5) is 0. The third-order valence-corrected chi connectivity index (χ3v) is 6.23. The molecule has 0 nitrogen and oxygen atoms in total. The van der Waals surface area contributed by atoms with E-state index in [4.69, 9.17) is 0 Å². The quantitative estimate of drug-likeness (QED) is 0.338. The lowest BCUT2D eigenvalue weighted by Crippen LogP contribution is -1.99. The van der Waals surface area contributed by atoms with Gasteiger partial charge in [0.15, 0.2) is 0 Å². The molecule has 130 valence electrons. The minimum atomic E-state index is 0.963. The zero-order valence-corrected chi connectivity index (χ0v) is 17.7. The normalized spacial score (nSPS) is 11.4. The molecule has 0 fully saturated rings. The second-order valence-electron chi connectivity index (χ2n) is 6.94. The highest BCUT2D eigenvalue weighted by molar-refractivity contribution is 7.15. The molecule has 0 saturated carbocycles. The molecule has 0 aromatic heterocycles. The average Bonchev–Trinajstić information content (AvgIpc) is 2.66. The average molecular weight is 374 g/mol. The molecule has 0 amide bonds. The van der Waals surface area contributed by atoms with Crippen LogP contribution in [0.4, 0.5) is 0 Å². The number of hydrogen-bond donors (Lipinski definition) is 0. The minimum Gasteiger partial charge on any atom is -0.133 e. The van der Waals surface area contributed by atoms with Crippen molar-refractivity contribution in [1.29, 1.82) is 0 Å². The van der Waals surface area contributed by atoms with E-state index in [1.165, 1.54) is 54.9 Å². The van der Waals surface area contributed by atoms with Gasteiger partial charge in [0, 0.05) is 0 Å². The molecule has 26 heavy (non-hydrogen) atoms. The molecule has 0 aliphatic carbocycles. The van der Waals surface area contributed by atoms with E-state index < -0.39 is 0 Å². The molecule has 0 aliphatic heterocycles. The van der Waals surface area contributed by atoms with Crippen LogP contribution in [0.15, 0.2) is 60.7 Å². The van der Waals surface area contributed by atoms with Crippen molar-refractivity contribution >= 4 is 40.0 Å². The van der Waals surface area contributed by atoms with Crippen LogP contribution in [0.5, 0.6) is 0 Å². The summed E-state index contributed by atoms with van der Waals surface area (Å²) in [5.74, 6) is 0. The summed E-state index contributed by atoms with van der Waals surface area (Å²) >= 11 is 0. The van der Waals surface area contributed by atoms with Gasteiger partial charge in [-0.1, -0.05) is 60.7 Å². The fourth-order valence-corrected chi connectivity index (χ4v) is 5.21. The molecule has 0 spiro atoms. The Hall–Kier alpha value is -1.74. The van der Waals surface area contributed by atoms with Crippen molar-refractivity contribution in [2.24, 2.45) is 0 Å². The summed E-state index contributed by atoms with van der Waals surface area (Å²) in [5.41, 5.74) is 8.43. The summed E-state index contributed by atoms with van der Waals surface area (Å²) in [6, 6.07) is 22.3. The first kappa shape index (κ1) is 17.7. The topological polar surface area (TPSA) is 0 Å². The van der Waals surface area contributed by atoms with Gasteiger partial charge in [0.25, 0.3) is 0 Å². The largest absolute Gasteiger partial charge is 0.133 e. The summed E-state index contributed by atoms with van der Waals surface area (Å²) in [7, 11) is 5.88. The van der Waals surface area contributed by atoms with Crippen molar-refractivity contribution < 1.29 is 0 Å². The molecular weight excluding hydrogens is 350 g/mol. The molecule has 4 aromatic carbocycles. The van der Waals surface area contributed by atoms with Crippen molar-refractivity contribution in [1.82, 2.24) is 0 Å². The first-order chi connectivity index (χ1) is 12.7. The maximum absolute atomic E-state index is 2.94. The molecule has 2 atom stereocenters. The maximum atomic E-state index is 2.94. The van der Waals surface area contributed by atoms with Crippen LogP contribution < -0.4 is 0 Å². The zero-order chi connectivity index (χ0) is 18.3. The number of rotatable bonds is 3. The molecule has 0 heterocycles. The van der Waals surface area contributed by atoms with Gasteiger partial charge in [0.2, 0.25) is 0 Å².